The first-order valence-corrected chi connectivity index (χ1v) is 7.45. The van der Waals surface area contributed by atoms with Gasteiger partial charge in [0.15, 0.2) is 0 Å². The van der Waals surface area contributed by atoms with Crippen molar-refractivity contribution >= 4 is 17.5 Å². The molecule has 106 valence electrons. The van der Waals surface area contributed by atoms with E-state index in [4.69, 9.17) is 11.6 Å². The molecule has 0 saturated heterocycles. The first-order chi connectivity index (χ1) is 9.02. The zero-order chi connectivity index (χ0) is 14.3. The highest BCUT2D eigenvalue weighted by atomic mass is 35.5. The van der Waals surface area contributed by atoms with Gasteiger partial charge >= 0.3 is 0 Å². The molecule has 1 aromatic rings. The van der Waals surface area contributed by atoms with E-state index in [0.29, 0.717) is 18.2 Å². The summed E-state index contributed by atoms with van der Waals surface area (Å²) < 4.78 is 0. The first kappa shape index (κ1) is 16.0. The Morgan fingerprint density at radius 2 is 2.11 bits per heavy atom. The number of carbonyl (C=O) groups excluding carboxylic acids is 1. The summed E-state index contributed by atoms with van der Waals surface area (Å²) >= 11 is 5.75. The molecule has 0 radical (unpaired) electrons. The van der Waals surface area contributed by atoms with E-state index >= 15 is 0 Å². The number of alkyl halides is 1. The zero-order valence-electron chi connectivity index (χ0n) is 12.1. The molecule has 0 bridgehead atoms. The molecular weight excluding hydrogens is 258 g/mol. The van der Waals surface area contributed by atoms with E-state index in [0.717, 1.165) is 24.9 Å². The number of benzene rings is 1. The van der Waals surface area contributed by atoms with Crippen molar-refractivity contribution in [1.29, 1.82) is 0 Å². The van der Waals surface area contributed by atoms with Crippen molar-refractivity contribution in [2.75, 3.05) is 12.4 Å². The van der Waals surface area contributed by atoms with E-state index in [1.54, 1.807) is 0 Å². The van der Waals surface area contributed by atoms with Gasteiger partial charge in [0, 0.05) is 12.4 Å². The molecule has 0 aliphatic heterocycles. The molecule has 19 heavy (non-hydrogen) atoms. The normalized spacial score (nSPS) is 12.2. The number of hydrogen-bond donors (Lipinski definition) is 1. The van der Waals surface area contributed by atoms with E-state index in [-0.39, 0.29) is 5.91 Å². The van der Waals surface area contributed by atoms with Gasteiger partial charge in [0.05, 0.1) is 6.42 Å². The SMILES string of the molecule is Cc1ccc(C)c(CC(=O)NCCCC(C)CCl)c1. The quantitative estimate of drug-likeness (QED) is 0.600. The monoisotopic (exact) mass is 281 g/mol. The van der Waals surface area contributed by atoms with Crippen LogP contribution in [-0.2, 0) is 11.2 Å². The molecule has 1 N–H and O–H groups in total. The van der Waals surface area contributed by atoms with E-state index in [2.05, 4.69) is 30.4 Å². The predicted molar refractivity (Wildman–Crippen MR) is 81.7 cm³/mol. The number of amides is 1. The van der Waals surface area contributed by atoms with Crippen LogP contribution < -0.4 is 5.32 Å². The third-order valence-corrected chi connectivity index (χ3v) is 3.84. The van der Waals surface area contributed by atoms with Gasteiger partial charge in [0.25, 0.3) is 0 Å². The van der Waals surface area contributed by atoms with E-state index in [9.17, 15) is 4.79 Å². The minimum atomic E-state index is 0.104. The molecule has 1 rings (SSSR count). The lowest BCUT2D eigenvalue weighted by Gasteiger charge is -2.10. The molecular formula is C16H24ClNO. The summed E-state index contributed by atoms with van der Waals surface area (Å²) in [5.74, 6) is 1.32. The summed E-state index contributed by atoms with van der Waals surface area (Å²) in [5, 5.41) is 2.98. The summed E-state index contributed by atoms with van der Waals surface area (Å²) in [6.07, 6.45) is 2.53. The van der Waals surface area contributed by atoms with E-state index in [1.807, 2.05) is 13.8 Å². The van der Waals surface area contributed by atoms with Crippen LogP contribution >= 0.6 is 11.6 Å². The average molecular weight is 282 g/mol. The molecule has 1 amide bonds. The van der Waals surface area contributed by atoms with Gasteiger partial charge in [-0.15, -0.1) is 11.6 Å². The van der Waals surface area contributed by atoms with E-state index in [1.165, 1.54) is 11.1 Å². The second kappa shape index (κ2) is 8.21. The predicted octanol–water partition coefficient (Wildman–Crippen LogP) is 3.62. The first-order valence-electron chi connectivity index (χ1n) is 6.91. The largest absolute Gasteiger partial charge is 0.356 e. The van der Waals surface area contributed by atoms with Crippen LogP contribution in [0.4, 0.5) is 0 Å². The van der Waals surface area contributed by atoms with Gasteiger partial charge in [-0.1, -0.05) is 30.7 Å². The van der Waals surface area contributed by atoms with Crippen molar-refractivity contribution in [3.05, 3.63) is 34.9 Å². The third-order valence-electron chi connectivity index (χ3n) is 3.31. The van der Waals surface area contributed by atoms with Crippen LogP contribution in [0.5, 0.6) is 0 Å². The molecule has 2 nitrogen and oxygen atoms in total. The zero-order valence-corrected chi connectivity index (χ0v) is 12.9. The fraction of sp³-hybridized carbons (Fsp3) is 0.562. The summed E-state index contributed by atoms with van der Waals surface area (Å²) in [7, 11) is 0. The Kier molecular flexibility index (Phi) is 6.93. The fourth-order valence-electron chi connectivity index (χ4n) is 1.98. The van der Waals surface area contributed by atoms with Crippen molar-refractivity contribution in [3.63, 3.8) is 0 Å². The van der Waals surface area contributed by atoms with Gasteiger partial charge in [0.2, 0.25) is 5.91 Å². The standard InChI is InChI=1S/C16H24ClNO/c1-12-6-7-14(3)15(9-12)10-16(19)18-8-4-5-13(2)11-17/h6-7,9,13H,4-5,8,10-11H2,1-3H3,(H,18,19). The maximum absolute atomic E-state index is 11.9. The Balaban J connectivity index is 2.33. The van der Waals surface area contributed by atoms with Crippen molar-refractivity contribution in [3.8, 4) is 0 Å². The highest BCUT2D eigenvalue weighted by molar-refractivity contribution is 6.18. The van der Waals surface area contributed by atoms with Crippen LogP contribution in [0.15, 0.2) is 18.2 Å². The highest BCUT2D eigenvalue weighted by Crippen LogP contribution is 2.11. The van der Waals surface area contributed by atoms with Gasteiger partial charge < -0.3 is 5.32 Å². The Morgan fingerprint density at radius 1 is 1.37 bits per heavy atom. The summed E-state index contributed by atoms with van der Waals surface area (Å²) in [6.45, 7) is 6.97. The topological polar surface area (TPSA) is 29.1 Å². The maximum atomic E-state index is 11.9. The van der Waals surface area contributed by atoms with Crippen LogP contribution in [0.1, 0.15) is 36.5 Å². The lowest BCUT2D eigenvalue weighted by atomic mass is 10.0. The lowest BCUT2D eigenvalue weighted by molar-refractivity contribution is -0.120. The van der Waals surface area contributed by atoms with Crippen molar-refractivity contribution < 1.29 is 4.79 Å². The molecule has 0 aliphatic carbocycles. The molecule has 3 heteroatoms. The minimum absolute atomic E-state index is 0.104. The van der Waals surface area contributed by atoms with Crippen molar-refractivity contribution in [2.24, 2.45) is 5.92 Å². The number of hydrogen-bond acceptors (Lipinski definition) is 1. The maximum Gasteiger partial charge on any atom is 0.224 e. The highest BCUT2D eigenvalue weighted by Gasteiger charge is 2.06. The Bertz CT molecular complexity index is 417. The van der Waals surface area contributed by atoms with Gasteiger partial charge in [-0.3, -0.25) is 4.79 Å². The van der Waals surface area contributed by atoms with Gasteiger partial charge in [-0.05, 0) is 43.7 Å². The van der Waals surface area contributed by atoms with Crippen LogP contribution in [0.2, 0.25) is 0 Å². The molecule has 1 atom stereocenters. The minimum Gasteiger partial charge on any atom is -0.356 e. The number of nitrogens with one attached hydrogen (secondary N) is 1. The van der Waals surface area contributed by atoms with Crippen LogP contribution in [0.3, 0.4) is 0 Å². The lowest BCUT2D eigenvalue weighted by Crippen LogP contribution is -2.26. The van der Waals surface area contributed by atoms with Crippen LogP contribution in [-0.4, -0.2) is 18.3 Å². The molecule has 1 unspecified atom stereocenters. The van der Waals surface area contributed by atoms with Gasteiger partial charge in [-0.2, -0.15) is 0 Å². The Labute approximate surface area is 121 Å². The number of carbonyl (C=O) groups is 1. The fourth-order valence-corrected chi connectivity index (χ4v) is 2.14. The molecule has 0 spiro atoms. The van der Waals surface area contributed by atoms with Crippen molar-refractivity contribution in [1.82, 2.24) is 5.32 Å². The molecule has 0 aliphatic rings. The van der Waals surface area contributed by atoms with Crippen LogP contribution in [0.25, 0.3) is 0 Å². The summed E-state index contributed by atoms with van der Waals surface area (Å²) in [4.78, 5) is 11.9. The number of aryl methyl sites for hydroxylation is 2. The number of halogens is 1. The van der Waals surface area contributed by atoms with Crippen molar-refractivity contribution in [2.45, 2.75) is 40.0 Å². The van der Waals surface area contributed by atoms with Crippen LogP contribution in [0, 0.1) is 19.8 Å². The Morgan fingerprint density at radius 3 is 2.79 bits per heavy atom. The molecule has 0 fully saturated rings. The second-order valence-electron chi connectivity index (χ2n) is 5.36. The molecule has 0 saturated carbocycles. The second-order valence-corrected chi connectivity index (χ2v) is 5.67. The van der Waals surface area contributed by atoms with E-state index < -0.39 is 0 Å². The average Bonchev–Trinajstić information content (AvgIpc) is 2.38. The summed E-state index contributed by atoms with van der Waals surface area (Å²) in [6, 6.07) is 6.23. The smallest absolute Gasteiger partial charge is 0.224 e. The molecule has 1 aromatic carbocycles. The third kappa shape index (κ3) is 6.11. The molecule has 0 heterocycles. The summed E-state index contributed by atoms with van der Waals surface area (Å²) in [5.41, 5.74) is 3.49. The number of rotatable bonds is 7. The molecule has 0 aromatic heterocycles. The Hall–Kier alpha value is -1.02. The van der Waals surface area contributed by atoms with Gasteiger partial charge in [0.1, 0.15) is 0 Å². The van der Waals surface area contributed by atoms with Gasteiger partial charge in [-0.25, -0.2) is 0 Å².